The molecule has 0 saturated carbocycles. The maximum Gasteiger partial charge on any atom is 0.422 e. The smallest absolute Gasteiger partial charge is 0.422 e. The van der Waals surface area contributed by atoms with Gasteiger partial charge in [-0.2, -0.15) is 13.2 Å². The predicted octanol–water partition coefficient (Wildman–Crippen LogP) is 2.35. The number of hydrogen-bond donors (Lipinski definition) is 2. The zero-order valence-corrected chi connectivity index (χ0v) is 17.1. The fraction of sp³-hybridized carbons (Fsp3) is 0.286. The number of alkyl halides is 3. The molecule has 0 spiro atoms. The number of rotatable bonds is 4. The van der Waals surface area contributed by atoms with Gasteiger partial charge < -0.3 is 24.3 Å². The van der Waals surface area contributed by atoms with Gasteiger partial charge in [0.05, 0.1) is 5.52 Å². The molecule has 0 aliphatic carbocycles. The number of nitrogens with zero attached hydrogens (tertiary/aromatic N) is 2. The topological polar surface area (TPSA) is 108 Å². The second-order valence-corrected chi connectivity index (χ2v) is 7.36. The van der Waals surface area contributed by atoms with E-state index in [4.69, 9.17) is 9.15 Å². The highest BCUT2D eigenvalue weighted by Gasteiger charge is 2.29. The number of oxazole rings is 1. The Labute approximate surface area is 184 Å². The number of carbonyl (C=O) groups excluding carboxylic acids is 2. The lowest BCUT2D eigenvalue weighted by Crippen LogP contribution is -2.51. The zero-order valence-electron chi connectivity index (χ0n) is 17.1. The lowest BCUT2D eigenvalue weighted by Gasteiger charge is -2.35. The van der Waals surface area contributed by atoms with E-state index in [0.717, 1.165) is 5.69 Å². The van der Waals surface area contributed by atoms with E-state index < -0.39 is 30.4 Å². The number of halogens is 3. The molecule has 2 amide bonds. The molecule has 1 aliphatic heterocycles. The number of fused-ring (bicyclic) bond motifs is 1. The van der Waals surface area contributed by atoms with Crippen molar-refractivity contribution in [3.63, 3.8) is 0 Å². The molecule has 174 valence electrons. The van der Waals surface area contributed by atoms with Crippen molar-refractivity contribution in [3.8, 4) is 5.75 Å². The van der Waals surface area contributed by atoms with Crippen LogP contribution in [0, 0.1) is 0 Å². The Kier molecular flexibility index (Phi) is 5.99. The van der Waals surface area contributed by atoms with Gasteiger partial charge in [-0.05, 0) is 36.4 Å². The van der Waals surface area contributed by atoms with Crippen LogP contribution in [0.2, 0.25) is 0 Å². The quantitative estimate of drug-likeness (QED) is 0.574. The minimum absolute atomic E-state index is 0.110. The molecule has 0 radical (unpaired) electrons. The van der Waals surface area contributed by atoms with Gasteiger partial charge in [-0.25, -0.2) is 4.79 Å². The minimum atomic E-state index is -4.40. The molecule has 33 heavy (non-hydrogen) atoms. The molecule has 0 bridgehead atoms. The number of benzene rings is 2. The van der Waals surface area contributed by atoms with Crippen molar-refractivity contribution in [3.05, 3.63) is 53.0 Å². The third-order valence-corrected chi connectivity index (χ3v) is 5.04. The third-order valence-electron chi connectivity index (χ3n) is 5.04. The highest BCUT2D eigenvalue weighted by Crippen LogP contribution is 2.23. The second kappa shape index (κ2) is 8.88. The molecule has 1 aliphatic rings. The molecular formula is C21H19F3N4O5. The van der Waals surface area contributed by atoms with E-state index in [-0.39, 0.29) is 11.3 Å². The monoisotopic (exact) mass is 464 g/mol. The van der Waals surface area contributed by atoms with Crippen molar-refractivity contribution in [1.29, 1.82) is 0 Å². The van der Waals surface area contributed by atoms with Crippen LogP contribution < -0.4 is 20.7 Å². The first kappa shape index (κ1) is 22.2. The molecule has 1 saturated heterocycles. The Morgan fingerprint density at radius 2 is 1.76 bits per heavy atom. The standard InChI is InChI=1S/C21H19F3N4O5/c22-21(23,24)12-32-15-4-2-14(3-5-15)27-7-9-28(10-8-27)19(30)18(29)25-13-1-6-16-17(11-13)33-20(31)26-16/h1-6,11H,7-10,12H2,(H,25,29)(H,26,31). The number of aromatic nitrogens is 1. The number of nitrogens with one attached hydrogen (secondary N) is 2. The van der Waals surface area contributed by atoms with Crippen LogP contribution in [0.15, 0.2) is 51.7 Å². The molecule has 2 aromatic carbocycles. The van der Waals surface area contributed by atoms with Gasteiger partial charge in [0.15, 0.2) is 12.2 Å². The average Bonchev–Trinajstić information content (AvgIpc) is 3.16. The van der Waals surface area contributed by atoms with Crippen LogP contribution in [0.5, 0.6) is 5.75 Å². The van der Waals surface area contributed by atoms with Gasteiger partial charge >= 0.3 is 23.7 Å². The summed E-state index contributed by atoms with van der Waals surface area (Å²) < 4.78 is 46.4. The van der Waals surface area contributed by atoms with Gasteiger partial charge in [0, 0.05) is 43.6 Å². The molecule has 2 N–H and O–H groups in total. The number of amides is 2. The van der Waals surface area contributed by atoms with E-state index in [1.54, 1.807) is 24.3 Å². The van der Waals surface area contributed by atoms with Crippen LogP contribution in [0.1, 0.15) is 0 Å². The van der Waals surface area contributed by atoms with E-state index in [2.05, 4.69) is 10.3 Å². The van der Waals surface area contributed by atoms with E-state index in [9.17, 15) is 27.6 Å². The van der Waals surface area contributed by atoms with Crippen LogP contribution >= 0.6 is 0 Å². The Morgan fingerprint density at radius 1 is 1.06 bits per heavy atom. The highest BCUT2D eigenvalue weighted by atomic mass is 19.4. The lowest BCUT2D eigenvalue weighted by atomic mass is 10.2. The largest absolute Gasteiger partial charge is 0.484 e. The number of aromatic amines is 1. The number of anilines is 2. The van der Waals surface area contributed by atoms with Crippen LogP contribution in [-0.4, -0.2) is 60.7 Å². The van der Waals surface area contributed by atoms with Gasteiger partial charge in [0.25, 0.3) is 0 Å². The first-order chi connectivity index (χ1) is 15.7. The van der Waals surface area contributed by atoms with E-state index in [1.165, 1.54) is 23.1 Å². The van der Waals surface area contributed by atoms with Gasteiger partial charge in [0.1, 0.15) is 5.75 Å². The molecule has 0 atom stereocenters. The van der Waals surface area contributed by atoms with Gasteiger partial charge in [0.2, 0.25) is 0 Å². The molecule has 1 aromatic heterocycles. The average molecular weight is 464 g/mol. The summed E-state index contributed by atoms with van der Waals surface area (Å²) in [5.74, 6) is -2.02. The number of hydrogen-bond acceptors (Lipinski definition) is 6. The van der Waals surface area contributed by atoms with Gasteiger partial charge in [-0.3, -0.25) is 14.6 Å². The first-order valence-electron chi connectivity index (χ1n) is 9.96. The van der Waals surface area contributed by atoms with Crippen LogP contribution in [0.4, 0.5) is 24.5 Å². The summed E-state index contributed by atoms with van der Waals surface area (Å²) in [6.45, 7) is 0.127. The fourth-order valence-electron chi connectivity index (χ4n) is 3.44. The number of ether oxygens (including phenoxy) is 1. The van der Waals surface area contributed by atoms with Crippen molar-refractivity contribution in [2.75, 3.05) is 43.0 Å². The SMILES string of the molecule is O=C(Nc1ccc2[nH]c(=O)oc2c1)C(=O)N1CCN(c2ccc(OCC(F)(F)F)cc2)CC1. The van der Waals surface area contributed by atoms with Crippen molar-refractivity contribution in [1.82, 2.24) is 9.88 Å². The Bertz CT molecular complexity index is 1210. The molecule has 4 rings (SSSR count). The van der Waals surface area contributed by atoms with Gasteiger partial charge in [-0.15, -0.1) is 0 Å². The zero-order chi connectivity index (χ0) is 23.6. The molecule has 1 fully saturated rings. The van der Waals surface area contributed by atoms with Crippen molar-refractivity contribution in [2.24, 2.45) is 0 Å². The van der Waals surface area contributed by atoms with Crippen LogP contribution in [0.3, 0.4) is 0 Å². The van der Waals surface area contributed by atoms with E-state index in [0.29, 0.717) is 37.4 Å². The molecule has 0 unspecified atom stereocenters. The summed E-state index contributed by atoms with van der Waals surface area (Å²) >= 11 is 0. The highest BCUT2D eigenvalue weighted by molar-refractivity contribution is 6.39. The van der Waals surface area contributed by atoms with E-state index >= 15 is 0 Å². The third kappa shape index (κ3) is 5.45. The van der Waals surface area contributed by atoms with Crippen LogP contribution in [0.25, 0.3) is 11.1 Å². The summed E-state index contributed by atoms with van der Waals surface area (Å²) in [6.07, 6.45) is -4.40. The molecule has 3 aromatic rings. The summed E-state index contributed by atoms with van der Waals surface area (Å²) in [5.41, 5.74) is 1.82. The molecule has 9 nitrogen and oxygen atoms in total. The summed E-state index contributed by atoms with van der Waals surface area (Å²) in [6, 6.07) is 10.7. The fourth-order valence-corrected chi connectivity index (χ4v) is 3.44. The maximum absolute atomic E-state index is 12.5. The van der Waals surface area contributed by atoms with Crippen molar-refractivity contribution < 1.29 is 31.9 Å². The first-order valence-corrected chi connectivity index (χ1v) is 9.96. The number of piperazine rings is 1. The summed E-state index contributed by atoms with van der Waals surface area (Å²) in [5, 5.41) is 2.50. The van der Waals surface area contributed by atoms with Crippen molar-refractivity contribution in [2.45, 2.75) is 6.18 Å². The molecule has 12 heteroatoms. The lowest BCUT2D eigenvalue weighted by molar-refractivity contribution is -0.153. The summed E-state index contributed by atoms with van der Waals surface area (Å²) in [7, 11) is 0. The predicted molar refractivity (Wildman–Crippen MR) is 112 cm³/mol. The van der Waals surface area contributed by atoms with Crippen molar-refractivity contribution >= 4 is 34.3 Å². The Morgan fingerprint density at radius 3 is 2.42 bits per heavy atom. The molecule has 2 heterocycles. The molecular weight excluding hydrogens is 445 g/mol. The normalized spacial score (nSPS) is 14.4. The van der Waals surface area contributed by atoms with E-state index in [1.807, 2.05) is 4.90 Å². The maximum atomic E-state index is 12.5. The second-order valence-electron chi connectivity index (χ2n) is 7.36. The Hall–Kier alpha value is -3.96. The number of carbonyl (C=O) groups is 2. The van der Waals surface area contributed by atoms with Gasteiger partial charge in [-0.1, -0.05) is 0 Å². The minimum Gasteiger partial charge on any atom is -0.484 e. The number of H-pyrrole nitrogens is 1. The summed E-state index contributed by atoms with van der Waals surface area (Å²) in [4.78, 5) is 42.0. The Balaban J connectivity index is 1.30. The van der Waals surface area contributed by atoms with Crippen LogP contribution in [-0.2, 0) is 9.59 Å².